The number of ether oxygens (including phenoxy) is 1. The molecule has 6 nitrogen and oxygen atoms in total. The summed E-state index contributed by atoms with van der Waals surface area (Å²) in [5, 5.41) is 11.2. The van der Waals surface area contributed by atoms with E-state index < -0.39 is 5.97 Å². The third-order valence-electron chi connectivity index (χ3n) is 1.34. The number of carbonyl (C=O) groups excluding carboxylic acids is 1. The Morgan fingerprint density at radius 1 is 1.77 bits per heavy atom. The number of hydrogen-bond acceptors (Lipinski definition) is 5. The van der Waals surface area contributed by atoms with Gasteiger partial charge in [0.25, 0.3) is 0 Å². The molecule has 0 aliphatic carbocycles. The highest BCUT2D eigenvalue weighted by molar-refractivity contribution is 5.98. The Balaban J connectivity index is 3.00. The molecule has 0 radical (unpaired) electrons. The quantitative estimate of drug-likeness (QED) is 0.358. The number of diazo groups is 1. The van der Waals surface area contributed by atoms with Crippen molar-refractivity contribution >= 4 is 12.2 Å². The summed E-state index contributed by atoms with van der Waals surface area (Å²) in [6.07, 6.45) is 4.35. The van der Waals surface area contributed by atoms with E-state index in [9.17, 15) is 4.79 Å². The molecular weight excluding hydrogens is 172 g/mol. The SMILES string of the molecule is COC(=O)C([N+]#N)=C1C=NC=CN1. The van der Waals surface area contributed by atoms with Crippen LogP contribution in [0.15, 0.2) is 28.8 Å². The van der Waals surface area contributed by atoms with Gasteiger partial charge >= 0.3 is 11.7 Å². The van der Waals surface area contributed by atoms with E-state index in [0.717, 1.165) is 0 Å². The predicted octanol–water partition coefficient (Wildman–Crippen LogP) is 0.369. The Bertz CT molecular complexity index is 348. The summed E-state index contributed by atoms with van der Waals surface area (Å²) in [5.41, 5.74) is 0.0763. The van der Waals surface area contributed by atoms with Crippen LogP contribution in [0.25, 0.3) is 4.98 Å². The minimum atomic E-state index is -0.730. The Labute approximate surface area is 74.2 Å². The molecule has 13 heavy (non-hydrogen) atoms. The second-order valence-electron chi connectivity index (χ2n) is 2.09. The number of carbonyl (C=O) groups is 1. The van der Waals surface area contributed by atoms with Gasteiger partial charge in [0, 0.05) is 12.4 Å². The van der Waals surface area contributed by atoms with E-state index in [1.54, 1.807) is 0 Å². The maximum atomic E-state index is 11.0. The fourth-order valence-electron chi connectivity index (χ4n) is 0.756. The van der Waals surface area contributed by atoms with Crippen molar-refractivity contribution in [1.82, 2.24) is 5.32 Å². The number of esters is 1. The average molecular weight is 179 g/mol. The number of allylic oxidation sites excluding steroid dienone is 1. The zero-order valence-corrected chi connectivity index (χ0v) is 6.89. The van der Waals surface area contributed by atoms with Gasteiger partial charge in [-0.05, 0) is 0 Å². The van der Waals surface area contributed by atoms with E-state index in [1.165, 1.54) is 25.7 Å². The van der Waals surface area contributed by atoms with Crippen molar-refractivity contribution < 1.29 is 9.53 Å². The molecule has 1 aliphatic heterocycles. The first kappa shape index (κ1) is 8.93. The van der Waals surface area contributed by atoms with E-state index in [4.69, 9.17) is 5.39 Å². The number of hydrogen-bond donors (Lipinski definition) is 1. The molecule has 1 N–H and O–H groups in total. The van der Waals surface area contributed by atoms with Gasteiger partial charge < -0.3 is 10.1 Å². The van der Waals surface area contributed by atoms with Crippen molar-refractivity contribution in [3.63, 3.8) is 0 Å². The van der Waals surface area contributed by atoms with Crippen LogP contribution in [-0.2, 0) is 9.53 Å². The molecule has 0 unspecified atom stereocenters. The summed E-state index contributed by atoms with van der Waals surface area (Å²) in [5.74, 6) is -0.730. The molecule has 1 rings (SSSR count). The number of rotatable bonds is 1. The fraction of sp³-hybridized carbons (Fsp3) is 0.143. The van der Waals surface area contributed by atoms with Gasteiger partial charge in [0.1, 0.15) is 0 Å². The largest absolute Gasteiger partial charge is 0.493 e. The number of nitrogens with zero attached hydrogens (tertiary/aromatic N) is 3. The minimum Gasteiger partial charge on any atom is -0.460 e. The summed E-state index contributed by atoms with van der Waals surface area (Å²) in [6, 6.07) is 0. The molecule has 0 saturated carbocycles. The lowest BCUT2D eigenvalue weighted by Gasteiger charge is -1.99. The van der Waals surface area contributed by atoms with Crippen molar-refractivity contribution in [3.8, 4) is 0 Å². The lowest BCUT2D eigenvalue weighted by molar-refractivity contribution is -0.135. The van der Waals surface area contributed by atoms with Crippen LogP contribution in [-0.4, -0.2) is 19.3 Å². The number of nitrogens with one attached hydrogen (secondary N) is 1. The van der Waals surface area contributed by atoms with Gasteiger partial charge in [-0.1, -0.05) is 0 Å². The van der Waals surface area contributed by atoms with Gasteiger partial charge in [0.2, 0.25) is 5.39 Å². The van der Waals surface area contributed by atoms with Gasteiger partial charge in [-0.25, -0.2) is 4.79 Å². The molecule has 6 heteroatoms. The fourth-order valence-corrected chi connectivity index (χ4v) is 0.756. The zero-order chi connectivity index (χ0) is 9.68. The molecule has 0 saturated heterocycles. The zero-order valence-electron chi connectivity index (χ0n) is 6.89. The Hall–Kier alpha value is -2.16. The van der Waals surface area contributed by atoms with Crippen molar-refractivity contribution in [3.05, 3.63) is 28.8 Å². The van der Waals surface area contributed by atoms with Gasteiger partial charge in [0.15, 0.2) is 10.7 Å². The van der Waals surface area contributed by atoms with Crippen LogP contribution < -0.4 is 5.32 Å². The van der Waals surface area contributed by atoms with Gasteiger partial charge in [-0.2, -0.15) is 0 Å². The summed E-state index contributed by atoms with van der Waals surface area (Å²) >= 11 is 0. The maximum absolute atomic E-state index is 11.0. The Kier molecular flexibility index (Phi) is 2.76. The first-order valence-electron chi connectivity index (χ1n) is 3.42. The number of methoxy groups -OCH3 is 1. The third-order valence-corrected chi connectivity index (χ3v) is 1.34. The standard InChI is InChI=1S/C7H6N4O2/c1-13-7(12)6(11-8)5-4-9-2-3-10-5/h2-4H,1H3/p+1. The highest BCUT2D eigenvalue weighted by Crippen LogP contribution is 2.06. The van der Waals surface area contributed by atoms with Crippen molar-refractivity contribution in [1.29, 1.82) is 5.39 Å². The molecule has 0 bridgehead atoms. The van der Waals surface area contributed by atoms with E-state index in [-0.39, 0.29) is 11.4 Å². The summed E-state index contributed by atoms with van der Waals surface area (Å²) in [4.78, 5) is 17.5. The Morgan fingerprint density at radius 2 is 2.54 bits per heavy atom. The van der Waals surface area contributed by atoms with Gasteiger partial charge in [-0.15, -0.1) is 0 Å². The van der Waals surface area contributed by atoms with Gasteiger partial charge in [-0.3, -0.25) is 4.99 Å². The molecule has 0 aromatic heterocycles. The number of aliphatic imine (C=N–C) groups is 1. The lowest BCUT2D eigenvalue weighted by Crippen LogP contribution is -2.16. The normalized spacial score (nSPS) is 17.2. The van der Waals surface area contributed by atoms with E-state index >= 15 is 0 Å². The second kappa shape index (κ2) is 4.01. The molecule has 66 valence electrons. The predicted molar refractivity (Wildman–Crippen MR) is 44.9 cm³/mol. The average Bonchev–Trinajstić information content (AvgIpc) is 2.20. The summed E-state index contributed by atoms with van der Waals surface area (Å²) < 4.78 is 4.38. The molecule has 1 aliphatic rings. The molecule has 0 fully saturated rings. The van der Waals surface area contributed by atoms with E-state index in [2.05, 4.69) is 20.0 Å². The molecule has 0 spiro atoms. The molecule has 1 heterocycles. The first-order chi connectivity index (χ1) is 6.29. The van der Waals surface area contributed by atoms with Crippen LogP contribution in [0.1, 0.15) is 0 Å². The van der Waals surface area contributed by atoms with Crippen molar-refractivity contribution in [2.24, 2.45) is 4.99 Å². The topological polar surface area (TPSA) is 78.8 Å². The lowest BCUT2D eigenvalue weighted by atomic mass is 10.3. The molecule has 0 atom stereocenters. The molecule has 0 aromatic rings. The van der Waals surface area contributed by atoms with Crippen LogP contribution in [0.4, 0.5) is 0 Å². The molecule has 0 aromatic carbocycles. The molecular formula is C7H7N4O2+. The van der Waals surface area contributed by atoms with Crippen LogP contribution >= 0.6 is 0 Å². The van der Waals surface area contributed by atoms with E-state index in [0.29, 0.717) is 0 Å². The highest BCUT2D eigenvalue weighted by atomic mass is 16.5. The van der Waals surface area contributed by atoms with Gasteiger partial charge in [0.05, 0.1) is 13.3 Å². The van der Waals surface area contributed by atoms with Crippen LogP contribution in [0.2, 0.25) is 0 Å². The molecule has 0 amide bonds. The third kappa shape index (κ3) is 1.90. The monoisotopic (exact) mass is 179 g/mol. The smallest absolute Gasteiger partial charge is 0.460 e. The highest BCUT2D eigenvalue weighted by Gasteiger charge is 2.29. The van der Waals surface area contributed by atoms with Crippen LogP contribution in [0.3, 0.4) is 0 Å². The van der Waals surface area contributed by atoms with E-state index in [1.807, 2.05) is 0 Å². The van der Waals surface area contributed by atoms with Crippen LogP contribution in [0, 0.1) is 5.39 Å². The summed E-state index contributed by atoms with van der Waals surface area (Å²) in [6.45, 7) is 0. The summed E-state index contributed by atoms with van der Waals surface area (Å²) in [7, 11) is 1.20. The first-order valence-corrected chi connectivity index (χ1v) is 3.42. The van der Waals surface area contributed by atoms with Crippen molar-refractivity contribution in [2.75, 3.05) is 7.11 Å². The maximum Gasteiger partial charge on any atom is 0.493 e. The second-order valence-corrected chi connectivity index (χ2v) is 2.09. The van der Waals surface area contributed by atoms with Crippen LogP contribution in [0.5, 0.6) is 0 Å². The minimum absolute atomic E-state index is 0.212. The van der Waals surface area contributed by atoms with Crippen molar-refractivity contribution in [2.45, 2.75) is 0 Å². The Morgan fingerprint density at radius 3 is 3.00 bits per heavy atom.